The van der Waals surface area contributed by atoms with E-state index in [2.05, 4.69) is 0 Å². The summed E-state index contributed by atoms with van der Waals surface area (Å²) in [5.41, 5.74) is 5.76. The van der Waals surface area contributed by atoms with Crippen molar-refractivity contribution >= 4 is 23.5 Å². The van der Waals surface area contributed by atoms with E-state index in [0.29, 0.717) is 0 Å². The van der Waals surface area contributed by atoms with Crippen molar-refractivity contribution in [3.05, 3.63) is 35.9 Å². The predicted molar refractivity (Wildman–Crippen MR) is 60.3 cm³/mol. The molecule has 0 aliphatic rings. The first-order valence-electron chi connectivity index (χ1n) is 4.72. The highest BCUT2D eigenvalue weighted by molar-refractivity contribution is 6.28. The lowest BCUT2D eigenvalue weighted by Gasteiger charge is -2.14. The summed E-state index contributed by atoms with van der Waals surface area (Å²) < 4.78 is 4.71. The van der Waals surface area contributed by atoms with E-state index in [1.54, 1.807) is 0 Å². The molecule has 0 aliphatic heterocycles. The average Bonchev–Trinajstić information content (AvgIpc) is 2.28. The van der Waals surface area contributed by atoms with Gasteiger partial charge in [-0.05, 0) is 5.56 Å². The first-order valence-corrected chi connectivity index (χ1v) is 5.25. The number of carbonyl (C=O) groups excluding carboxylic acids is 2. The molecule has 0 aromatic heterocycles. The molecule has 0 unspecified atom stereocenters. The molecule has 1 aromatic carbocycles. The number of carbonyl (C=O) groups is 2. The third kappa shape index (κ3) is 3.90. The highest BCUT2D eigenvalue weighted by Gasteiger charge is 2.21. The molecule has 5 heteroatoms. The second-order valence-electron chi connectivity index (χ2n) is 3.22. The summed E-state index contributed by atoms with van der Waals surface area (Å²) in [7, 11) is 0. The van der Waals surface area contributed by atoms with Gasteiger partial charge in [0.2, 0.25) is 0 Å². The third-order valence-electron chi connectivity index (χ3n) is 2.01. The van der Waals surface area contributed by atoms with Gasteiger partial charge in [0.1, 0.15) is 0 Å². The van der Waals surface area contributed by atoms with Gasteiger partial charge >= 0.3 is 6.09 Å². The molecule has 0 fully saturated rings. The number of primary amides is 1. The Morgan fingerprint density at radius 3 is 2.44 bits per heavy atom. The molecular weight excluding hydrogens is 230 g/mol. The number of hydrogen-bond donors (Lipinski definition) is 1. The molecule has 0 radical (unpaired) electrons. The number of amides is 1. The van der Waals surface area contributed by atoms with Gasteiger partial charge in [0, 0.05) is 6.42 Å². The van der Waals surface area contributed by atoms with Gasteiger partial charge in [-0.15, -0.1) is 11.6 Å². The molecule has 1 aromatic rings. The maximum Gasteiger partial charge on any atom is 0.405 e. The molecule has 0 saturated carbocycles. The topological polar surface area (TPSA) is 69.4 Å². The summed E-state index contributed by atoms with van der Waals surface area (Å²) in [4.78, 5) is 22.0. The van der Waals surface area contributed by atoms with E-state index in [-0.39, 0.29) is 18.1 Å². The maximum atomic E-state index is 11.4. The van der Waals surface area contributed by atoms with Gasteiger partial charge in [-0.2, -0.15) is 0 Å². The molecule has 86 valence electrons. The fourth-order valence-electron chi connectivity index (χ4n) is 1.28. The Bertz CT molecular complexity index is 367. The SMILES string of the molecule is NC(=O)O[C@@H](Cc1ccccc1)C(=O)CCl. The fraction of sp³-hybridized carbons (Fsp3) is 0.273. The lowest BCUT2D eigenvalue weighted by molar-refractivity contribution is -0.124. The molecule has 0 heterocycles. The maximum absolute atomic E-state index is 11.4. The van der Waals surface area contributed by atoms with Crippen molar-refractivity contribution in [1.82, 2.24) is 0 Å². The smallest absolute Gasteiger partial charge is 0.405 e. The van der Waals surface area contributed by atoms with E-state index >= 15 is 0 Å². The van der Waals surface area contributed by atoms with Crippen LogP contribution in [0.3, 0.4) is 0 Å². The summed E-state index contributed by atoms with van der Waals surface area (Å²) in [6.45, 7) is 0. The Kier molecular flexibility index (Phi) is 4.79. The van der Waals surface area contributed by atoms with E-state index < -0.39 is 12.2 Å². The van der Waals surface area contributed by atoms with Gasteiger partial charge in [0.25, 0.3) is 0 Å². The Hall–Kier alpha value is -1.55. The molecule has 1 rings (SSSR count). The van der Waals surface area contributed by atoms with Gasteiger partial charge in [-0.25, -0.2) is 4.79 Å². The number of Topliss-reactive ketones (excluding diaryl/α,β-unsaturated/α-hetero) is 1. The van der Waals surface area contributed by atoms with Crippen LogP contribution >= 0.6 is 11.6 Å². The van der Waals surface area contributed by atoms with Crippen LogP contribution in [0.15, 0.2) is 30.3 Å². The number of ketones is 1. The first-order chi connectivity index (χ1) is 7.63. The van der Waals surface area contributed by atoms with Crippen LogP contribution < -0.4 is 5.73 Å². The van der Waals surface area contributed by atoms with E-state index in [1.807, 2.05) is 30.3 Å². The van der Waals surface area contributed by atoms with Crippen LogP contribution in [-0.2, 0) is 16.0 Å². The highest BCUT2D eigenvalue weighted by atomic mass is 35.5. The quantitative estimate of drug-likeness (QED) is 0.795. The highest BCUT2D eigenvalue weighted by Crippen LogP contribution is 2.07. The van der Waals surface area contributed by atoms with Gasteiger partial charge in [0.05, 0.1) is 5.88 Å². The number of alkyl halides is 1. The lowest BCUT2D eigenvalue weighted by Crippen LogP contribution is -2.32. The molecule has 2 N–H and O–H groups in total. The molecule has 0 aliphatic carbocycles. The van der Waals surface area contributed by atoms with Crippen molar-refractivity contribution in [3.63, 3.8) is 0 Å². The zero-order valence-electron chi connectivity index (χ0n) is 8.56. The minimum atomic E-state index is -0.973. The average molecular weight is 242 g/mol. The Morgan fingerprint density at radius 2 is 1.94 bits per heavy atom. The van der Waals surface area contributed by atoms with Crippen LogP contribution in [0.5, 0.6) is 0 Å². The summed E-state index contributed by atoms with van der Waals surface area (Å²) in [6.07, 6.45) is -1.59. The second-order valence-corrected chi connectivity index (χ2v) is 3.48. The van der Waals surface area contributed by atoms with Crippen LogP contribution in [0.2, 0.25) is 0 Å². The van der Waals surface area contributed by atoms with Crippen LogP contribution in [0.25, 0.3) is 0 Å². The summed E-state index contributed by atoms with van der Waals surface area (Å²) in [6, 6.07) is 9.19. The number of rotatable bonds is 5. The second kappa shape index (κ2) is 6.12. The number of halogens is 1. The minimum absolute atomic E-state index is 0.204. The van der Waals surface area contributed by atoms with E-state index in [1.165, 1.54) is 0 Å². The van der Waals surface area contributed by atoms with Crippen molar-refractivity contribution in [1.29, 1.82) is 0 Å². The van der Waals surface area contributed by atoms with E-state index in [9.17, 15) is 9.59 Å². The number of hydrogen-bond acceptors (Lipinski definition) is 3. The number of ether oxygens (including phenoxy) is 1. The predicted octanol–water partition coefficient (Wildman–Crippen LogP) is 1.50. The van der Waals surface area contributed by atoms with Crippen molar-refractivity contribution < 1.29 is 14.3 Å². The Morgan fingerprint density at radius 1 is 1.31 bits per heavy atom. The van der Waals surface area contributed by atoms with Crippen LogP contribution in [0.1, 0.15) is 5.56 Å². The molecule has 4 nitrogen and oxygen atoms in total. The molecule has 0 saturated heterocycles. The summed E-state index contributed by atoms with van der Waals surface area (Å²) in [5.74, 6) is -0.561. The number of nitrogens with two attached hydrogens (primary N) is 1. The van der Waals surface area contributed by atoms with Crippen LogP contribution in [0, 0.1) is 0 Å². The first kappa shape index (κ1) is 12.5. The largest absolute Gasteiger partial charge is 0.438 e. The van der Waals surface area contributed by atoms with Crippen LogP contribution in [0.4, 0.5) is 4.79 Å². The molecule has 1 amide bonds. The fourth-order valence-corrected chi connectivity index (χ4v) is 1.45. The van der Waals surface area contributed by atoms with Crippen molar-refractivity contribution in [2.24, 2.45) is 5.73 Å². The van der Waals surface area contributed by atoms with Gasteiger partial charge in [-0.1, -0.05) is 30.3 Å². The van der Waals surface area contributed by atoms with Gasteiger partial charge in [0.15, 0.2) is 11.9 Å². The number of benzene rings is 1. The van der Waals surface area contributed by atoms with E-state index in [4.69, 9.17) is 22.1 Å². The van der Waals surface area contributed by atoms with Crippen molar-refractivity contribution in [3.8, 4) is 0 Å². The monoisotopic (exact) mass is 241 g/mol. The molecule has 16 heavy (non-hydrogen) atoms. The molecule has 1 atom stereocenters. The molecule has 0 spiro atoms. The Balaban J connectivity index is 2.70. The Labute approximate surface area is 98.3 Å². The summed E-state index contributed by atoms with van der Waals surface area (Å²) in [5, 5.41) is 0. The minimum Gasteiger partial charge on any atom is -0.438 e. The summed E-state index contributed by atoms with van der Waals surface area (Å²) >= 11 is 5.41. The zero-order chi connectivity index (χ0) is 12.0. The third-order valence-corrected chi connectivity index (χ3v) is 2.28. The van der Waals surface area contributed by atoms with Crippen LogP contribution in [-0.4, -0.2) is 23.9 Å². The molecular formula is C11H12ClNO3. The van der Waals surface area contributed by atoms with Crippen molar-refractivity contribution in [2.45, 2.75) is 12.5 Å². The standard InChI is InChI=1S/C11H12ClNO3/c12-7-9(14)10(16-11(13)15)6-8-4-2-1-3-5-8/h1-5,10H,6-7H2,(H2,13,15)/t10-/m0/s1. The molecule has 0 bridgehead atoms. The van der Waals surface area contributed by atoms with Gasteiger partial charge in [-0.3, -0.25) is 4.79 Å². The van der Waals surface area contributed by atoms with Gasteiger partial charge < -0.3 is 10.5 Å². The normalized spacial score (nSPS) is 11.8. The zero-order valence-corrected chi connectivity index (χ0v) is 9.31. The van der Waals surface area contributed by atoms with Crippen molar-refractivity contribution in [2.75, 3.05) is 5.88 Å². The van der Waals surface area contributed by atoms with E-state index in [0.717, 1.165) is 5.56 Å². The lowest BCUT2D eigenvalue weighted by atomic mass is 10.1.